The first-order valence-corrected chi connectivity index (χ1v) is 14.4. The lowest BCUT2D eigenvalue weighted by molar-refractivity contribution is 0.0629. The minimum atomic E-state index is -0.433. The van der Waals surface area contributed by atoms with E-state index in [4.69, 9.17) is 9.47 Å². The number of benzene rings is 3. The molecule has 1 amide bonds. The summed E-state index contributed by atoms with van der Waals surface area (Å²) in [6, 6.07) is 18.7. The summed E-state index contributed by atoms with van der Waals surface area (Å²) >= 11 is 0. The van der Waals surface area contributed by atoms with E-state index in [1.807, 2.05) is 64.9 Å². The Morgan fingerprint density at radius 1 is 0.902 bits per heavy atom. The standard InChI is InChI=1S/C33H43FN4O3/c1-23(2)40-29-13-9-26(32(20-29)41-24(3)4)21-35-31-14-10-27(34)19-30(31)33(39)38-17-15-37(16-18-38)22-25-7-11-28(12-8-25)36(5)6/h7-14,19-20,23-24,35H,15-18,21-22H2,1-6H3. The maximum atomic E-state index is 14.3. The number of piperazine rings is 1. The van der Waals surface area contributed by atoms with Crippen molar-refractivity contribution in [3.63, 3.8) is 0 Å². The topological polar surface area (TPSA) is 57.3 Å². The number of carbonyl (C=O) groups is 1. The largest absolute Gasteiger partial charge is 0.491 e. The van der Waals surface area contributed by atoms with Crippen molar-refractivity contribution in [2.75, 3.05) is 50.5 Å². The van der Waals surface area contributed by atoms with Gasteiger partial charge in [-0.1, -0.05) is 12.1 Å². The molecule has 4 rings (SSSR count). The van der Waals surface area contributed by atoms with Crippen molar-refractivity contribution < 1.29 is 18.7 Å². The summed E-state index contributed by atoms with van der Waals surface area (Å²) in [5, 5.41) is 3.36. The third-order valence-corrected chi connectivity index (χ3v) is 6.97. The van der Waals surface area contributed by atoms with Gasteiger partial charge in [-0.05, 0) is 75.7 Å². The van der Waals surface area contributed by atoms with Crippen molar-refractivity contribution in [2.45, 2.75) is 53.0 Å². The molecule has 7 nitrogen and oxygen atoms in total. The SMILES string of the molecule is CC(C)Oc1ccc(CNc2ccc(F)cc2C(=O)N2CCN(Cc3ccc(N(C)C)cc3)CC2)c(OC(C)C)c1. The van der Waals surface area contributed by atoms with Gasteiger partial charge in [0.2, 0.25) is 0 Å². The normalized spacial score (nSPS) is 13.9. The molecule has 1 N–H and O–H groups in total. The quantitative estimate of drug-likeness (QED) is 0.308. The molecule has 1 fully saturated rings. The van der Waals surface area contributed by atoms with Gasteiger partial charge in [0.05, 0.1) is 17.8 Å². The summed E-state index contributed by atoms with van der Waals surface area (Å²) in [5.74, 6) is 0.855. The van der Waals surface area contributed by atoms with E-state index in [0.29, 0.717) is 36.6 Å². The van der Waals surface area contributed by atoms with Gasteiger partial charge in [0, 0.05) is 76.4 Å². The first-order valence-electron chi connectivity index (χ1n) is 14.4. The van der Waals surface area contributed by atoms with Crippen LogP contribution in [0.5, 0.6) is 11.5 Å². The highest BCUT2D eigenvalue weighted by Crippen LogP contribution is 2.29. The van der Waals surface area contributed by atoms with E-state index in [-0.39, 0.29) is 18.1 Å². The third-order valence-electron chi connectivity index (χ3n) is 6.97. The average molecular weight is 563 g/mol. The number of hydrogen-bond donors (Lipinski definition) is 1. The summed E-state index contributed by atoms with van der Waals surface area (Å²) in [7, 11) is 4.06. The number of nitrogens with zero attached hydrogens (tertiary/aromatic N) is 3. The number of nitrogens with one attached hydrogen (secondary N) is 1. The van der Waals surface area contributed by atoms with Gasteiger partial charge in [-0.15, -0.1) is 0 Å². The zero-order valence-corrected chi connectivity index (χ0v) is 25.1. The van der Waals surface area contributed by atoms with E-state index in [1.54, 1.807) is 6.07 Å². The molecule has 41 heavy (non-hydrogen) atoms. The Bertz CT molecular complexity index is 1300. The van der Waals surface area contributed by atoms with Crippen LogP contribution >= 0.6 is 0 Å². The molecule has 0 spiro atoms. The van der Waals surface area contributed by atoms with Crippen molar-refractivity contribution in [1.82, 2.24) is 9.80 Å². The molecule has 0 radical (unpaired) electrons. The van der Waals surface area contributed by atoms with Crippen molar-refractivity contribution in [3.05, 3.63) is 83.2 Å². The van der Waals surface area contributed by atoms with Crippen LogP contribution in [0.15, 0.2) is 60.7 Å². The van der Waals surface area contributed by atoms with Gasteiger partial charge in [0.25, 0.3) is 5.91 Å². The first kappa shape index (κ1) is 30.2. The highest BCUT2D eigenvalue weighted by molar-refractivity contribution is 5.99. The first-order chi connectivity index (χ1) is 19.6. The van der Waals surface area contributed by atoms with Crippen molar-refractivity contribution in [1.29, 1.82) is 0 Å². The summed E-state index contributed by atoms with van der Waals surface area (Å²) in [5.41, 5.74) is 4.27. The van der Waals surface area contributed by atoms with Crippen molar-refractivity contribution in [3.8, 4) is 11.5 Å². The van der Waals surface area contributed by atoms with Crippen LogP contribution in [-0.4, -0.2) is 68.2 Å². The molecule has 0 unspecified atom stereocenters. The monoisotopic (exact) mass is 562 g/mol. The fourth-order valence-corrected chi connectivity index (χ4v) is 4.87. The number of anilines is 2. The number of ether oxygens (including phenoxy) is 2. The highest BCUT2D eigenvalue weighted by atomic mass is 19.1. The van der Waals surface area contributed by atoms with Crippen LogP contribution in [0.3, 0.4) is 0 Å². The third kappa shape index (κ3) is 8.36. The molecule has 0 atom stereocenters. The van der Waals surface area contributed by atoms with E-state index in [9.17, 15) is 9.18 Å². The van der Waals surface area contributed by atoms with Crippen LogP contribution in [0.1, 0.15) is 49.2 Å². The lowest BCUT2D eigenvalue weighted by Crippen LogP contribution is -2.48. The van der Waals surface area contributed by atoms with Crippen molar-refractivity contribution >= 4 is 17.3 Å². The fraction of sp³-hybridized carbons (Fsp3) is 0.424. The molecule has 3 aromatic rings. The lowest BCUT2D eigenvalue weighted by atomic mass is 10.1. The Morgan fingerprint density at radius 3 is 2.22 bits per heavy atom. The maximum absolute atomic E-state index is 14.3. The Labute approximate surface area is 243 Å². The van der Waals surface area contributed by atoms with E-state index in [1.165, 1.54) is 23.4 Å². The van der Waals surface area contributed by atoms with E-state index in [2.05, 4.69) is 39.4 Å². The van der Waals surface area contributed by atoms with Gasteiger partial charge >= 0.3 is 0 Å². The van der Waals surface area contributed by atoms with Crippen molar-refractivity contribution in [2.24, 2.45) is 0 Å². The maximum Gasteiger partial charge on any atom is 0.256 e. The minimum Gasteiger partial charge on any atom is -0.491 e. The molecule has 3 aromatic carbocycles. The van der Waals surface area contributed by atoms with Gasteiger partial charge in [-0.3, -0.25) is 9.69 Å². The number of hydrogen-bond acceptors (Lipinski definition) is 6. The van der Waals surface area contributed by atoms with Crippen LogP contribution in [-0.2, 0) is 13.1 Å². The van der Waals surface area contributed by atoms with E-state index in [0.717, 1.165) is 30.9 Å². The molecule has 1 aliphatic heterocycles. The molecule has 1 aliphatic rings. The number of amides is 1. The molecule has 1 heterocycles. The van der Waals surface area contributed by atoms with Crippen LogP contribution in [0, 0.1) is 5.82 Å². The van der Waals surface area contributed by atoms with Crippen LogP contribution in [0.2, 0.25) is 0 Å². The van der Waals surface area contributed by atoms with Crippen LogP contribution < -0.4 is 19.7 Å². The van der Waals surface area contributed by atoms with Gasteiger partial charge in [-0.2, -0.15) is 0 Å². The molecule has 8 heteroatoms. The fourth-order valence-electron chi connectivity index (χ4n) is 4.87. The molecule has 220 valence electrons. The van der Waals surface area contributed by atoms with Crippen LogP contribution in [0.4, 0.5) is 15.8 Å². The molecular weight excluding hydrogens is 519 g/mol. The van der Waals surface area contributed by atoms with Gasteiger partial charge in [-0.25, -0.2) is 4.39 Å². The Kier molecular flexibility index (Phi) is 10.1. The van der Waals surface area contributed by atoms with Crippen LogP contribution in [0.25, 0.3) is 0 Å². The summed E-state index contributed by atoms with van der Waals surface area (Å²) in [6.07, 6.45) is 0.0391. The zero-order valence-electron chi connectivity index (χ0n) is 25.1. The molecule has 0 aromatic heterocycles. The summed E-state index contributed by atoms with van der Waals surface area (Å²) in [4.78, 5) is 19.8. The smallest absolute Gasteiger partial charge is 0.256 e. The highest BCUT2D eigenvalue weighted by Gasteiger charge is 2.24. The second-order valence-electron chi connectivity index (χ2n) is 11.3. The molecule has 0 bridgehead atoms. The second-order valence-corrected chi connectivity index (χ2v) is 11.3. The summed E-state index contributed by atoms with van der Waals surface area (Å²) < 4.78 is 26.2. The average Bonchev–Trinajstić information content (AvgIpc) is 2.93. The number of halogens is 1. The second kappa shape index (κ2) is 13.7. The Morgan fingerprint density at radius 2 is 1.59 bits per heavy atom. The molecule has 0 aliphatic carbocycles. The Hall–Kier alpha value is -3.78. The van der Waals surface area contributed by atoms with E-state index < -0.39 is 5.82 Å². The predicted octanol–water partition coefficient (Wildman–Crippen LogP) is 6.04. The van der Waals surface area contributed by atoms with Gasteiger partial charge in [0.1, 0.15) is 17.3 Å². The molecular formula is C33H43FN4O3. The minimum absolute atomic E-state index is 0.0120. The molecule has 1 saturated heterocycles. The number of rotatable bonds is 11. The number of carbonyl (C=O) groups excluding carboxylic acids is 1. The lowest BCUT2D eigenvalue weighted by Gasteiger charge is -2.35. The van der Waals surface area contributed by atoms with Gasteiger partial charge in [0.15, 0.2) is 0 Å². The Balaban J connectivity index is 1.41. The zero-order chi connectivity index (χ0) is 29.5. The molecule has 0 saturated carbocycles. The van der Waals surface area contributed by atoms with E-state index >= 15 is 0 Å². The predicted molar refractivity (Wildman–Crippen MR) is 164 cm³/mol. The summed E-state index contributed by atoms with van der Waals surface area (Å²) in [6.45, 7) is 11.9. The van der Waals surface area contributed by atoms with Gasteiger partial charge < -0.3 is 24.6 Å².